The van der Waals surface area contributed by atoms with Crippen LogP contribution in [0.15, 0.2) is 45.6 Å². The number of hydrogen-bond donors (Lipinski definition) is 2. The molecule has 146 valence electrons. The number of fused-ring (bicyclic) bond motifs is 1. The van der Waals surface area contributed by atoms with E-state index in [9.17, 15) is 9.90 Å². The van der Waals surface area contributed by atoms with Crippen LogP contribution < -0.4 is 10.5 Å². The van der Waals surface area contributed by atoms with Gasteiger partial charge in [0.15, 0.2) is 0 Å². The zero-order chi connectivity index (χ0) is 19.7. The molecule has 4 rings (SSSR count). The van der Waals surface area contributed by atoms with E-state index >= 15 is 0 Å². The first-order chi connectivity index (χ1) is 13.5. The number of benzene rings is 2. The van der Waals surface area contributed by atoms with Crippen LogP contribution in [0.25, 0.3) is 11.0 Å². The summed E-state index contributed by atoms with van der Waals surface area (Å²) in [6.45, 7) is 7.04. The van der Waals surface area contributed by atoms with Crippen LogP contribution in [0.3, 0.4) is 0 Å². The van der Waals surface area contributed by atoms with Gasteiger partial charge in [0.05, 0.1) is 24.0 Å². The standard InChI is InChI=1S/C24H27NO3/c1-16-13-21-22(23(26)20(16)15-25-11-7-4-8-12-25)17(2)19(24(27)28-21)14-18-9-5-3-6-10-18/h3,5-6,9-10,13,26H,4,7-8,11-12,14-15H2,1-2H3/p+1. The normalized spacial score (nSPS) is 15.2. The van der Waals surface area contributed by atoms with Gasteiger partial charge in [0, 0.05) is 12.0 Å². The van der Waals surface area contributed by atoms with Crippen molar-refractivity contribution in [1.82, 2.24) is 0 Å². The third kappa shape index (κ3) is 3.57. The maximum atomic E-state index is 12.6. The highest BCUT2D eigenvalue weighted by Crippen LogP contribution is 2.34. The van der Waals surface area contributed by atoms with E-state index in [1.54, 1.807) is 0 Å². The summed E-state index contributed by atoms with van der Waals surface area (Å²) in [7, 11) is 0. The molecule has 28 heavy (non-hydrogen) atoms. The molecular weight excluding hydrogens is 350 g/mol. The lowest BCUT2D eigenvalue weighted by Crippen LogP contribution is -3.11. The van der Waals surface area contributed by atoms with E-state index < -0.39 is 0 Å². The van der Waals surface area contributed by atoms with E-state index in [4.69, 9.17) is 4.42 Å². The SMILES string of the molecule is Cc1cc2oc(=O)c(Cc3ccccc3)c(C)c2c(O)c1C[NH+]1CCCCC1. The van der Waals surface area contributed by atoms with Gasteiger partial charge < -0.3 is 14.4 Å². The Bertz CT molecular complexity index is 1050. The van der Waals surface area contributed by atoms with Crippen molar-refractivity contribution in [2.24, 2.45) is 0 Å². The van der Waals surface area contributed by atoms with Gasteiger partial charge in [0.25, 0.3) is 0 Å². The van der Waals surface area contributed by atoms with Crippen molar-refractivity contribution < 1.29 is 14.4 Å². The highest BCUT2D eigenvalue weighted by atomic mass is 16.4. The predicted octanol–water partition coefficient (Wildman–Crippen LogP) is 3.28. The fourth-order valence-corrected chi connectivity index (χ4v) is 4.43. The van der Waals surface area contributed by atoms with Crippen LogP contribution in [0, 0.1) is 13.8 Å². The Hall–Kier alpha value is -2.59. The molecule has 1 aliphatic heterocycles. The van der Waals surface area contributed by atoms with Crippen molar-refractivity contribution in [1.29, 1.82) is 0 Å². The molecule has 1 fully saturated rings. The molecule has 2 N–H and O–H groups in total. The number of phenolic OH excluding ortho intramolecular Hbond substituents is 1. The minimum absolute atomic E-state index is 0.281. The molecule has 0 spiro atoms. The first-order valence-electron chi connectivity index (χ1n) is 10.2. The molecule has 0 unspecified atom stereocenters. The zero-order valence-electron chi connectivity index (χ0n) is 16.7. The second-order valence-electron chi connectivity index (χ2n) is 8.04. The molecule has 3 aromatic rings. The van der Waals surface area contributed by atoms with Gasteiger partial charge in [-0.25, -0.2) is 4.79 Å². The van der Waals surface area contributed by atoms with Crippen molar-refractivity contribution in [2.75, 3.05) is 13.1 Å². The first kappa shape index (κ1) is 18.8. The number of quaternary nitrogens is 1. The average molecular weight is 378 g/mol. The summed E-state index contributed by atoms with van der Waals surface area (Å²) >= 11 is 0. The number of piperidine rings is 1. The monoisotopic (exact) mass is 378 g/mol. The minimum Gasteiger partial charge on any atom is -0.507 e. The van der Waals surface area contributed by atoms with Crippen molar-refractivity contribution in [3.63, 3.8) is 0 Å². The lowest BCUT2D eigenvalue weighted by Gasteiger charge is -2.25. The van der Waals surface area contributed by atoms with Gasteiger partial charge in [-0.1, -0.05) is 30.3 Å². The highest BCUT2D eigenvalue weighted by molar-refractivity contribution is 5.89. The van der Waals surface area contributed by atoms with Gasteiger partial charge in [-0.15, -0.1) is 0 Å². The molecule has 0 radical (unpaired) electrons. The van der Waals surface area contributed by atoms with Gasteiger partial charge in [-0.05, 0) is 55.9 Å². The molecule has 2 heterocycles. The summed E-state index contributed by atoms with van der Waals surface area (Å²) in [4.78, 5) is 14.1. The van der Waals surface area contributed by atoms with Crippen LogP contribution in [0.1, 0.15) is 47.1 Å². The number of phenols is 1. The molecule has 1 aliphatic rings. The van der Waals surface area contributed by atoms with E-state index in [2.05, 4.69) is 0 Å². The van der Waals surface area contributed by atoms with Gasteiger partial charge in [0.2, 0.25) is 0 Å². The van der Waals surface area contributed by atoms with Crippen LogP contribution in [-0.4, -0.2) is 18.2 Å². The zero-order valence-corrected chi connectivity index (χ0v) is 16.7. The first-order valence-corrected chi connectivity index (χ1v) is 10.2. The van der Waals surface area contributed by atoms with Gasteiger partial charge in [-0.3, -0.25) is 0 Å². The molecule has 4 heteroatoms. The molecule has 1 saturated heterocycles. The third-order valence-corrected chi connectivity index (χ3v) is 6.08. The number of aromatic hydroxyl groups is 1. The second-order valence-corrected chi connectivity index (χ2v) is 8.04. The number of nitrogens with one attached hydrogen (secondary N) is 1. The van der Waals surface area contributed by atoms with Crippen molar-refractivity contribution in [3.8, 4) is 5.75 Å². The Kier molecular flexibility index (Phi) is 5.23. The third-order valence-electron chi connectivity index (χ3n) is 6.08. The average Bonchev–Trinajstić information content (AvgIpc) is 2.69. The minimum atomic E-state index is -0.318. The maximum absolute atomic E-state index is 12.6. The van der Waals surface area contributed by atoms with Crippen molar-refractivity contribution >= 4 is 11.0 Å². The Labute approximate surface area is 165 Å². The summed E-state index contributed by atoms with van der Waals surface area (Å²) < 4.78 is 5.63. The van der Waals surface area contributed by atoms with Gasteiger partial charge in [0.1, 0.15) is 17.9 Å². The Morgan fingerprint density at radius 1 is 1.04 bits per heavy atom. The fourth-order valence-electron chi connectivity index (χ4n) is 4.43. The molecule has 0 saturated carbocycles. The molecular formula is C24H28NO3+. The quantitative estimate of drug-likeness (QED) is 0.685. The Morgan fingerprint density at radius 3 is 2.46 bits per heavy atom. The molecule has 2 aromatic carbocycles. The fraction of sp³-hybridized carbons (Fsp3) is 0.375. The number of hydrogen-bond acceptors (Lipinski definition) is 3. The van der Waals surface area contributed by atoms with Crippen molar-refractivity contribution in [2.45, 2.75) is 46.1 Å². The molecule has 1 aromatic heterocycles. The van der Waals surface area contributed by atoms with E-state index in [0.29, 0.717) is 23.0 Å². The second kappa shape index (κ2) is 7.80. The molecule has 0 amide bonds. The van der Waals surface area contributed by atoms with E-state index in [1.165, 1.54) is 24.2 Å². The van der Waals surface area contributed by atoms with E-state index in [1.807, 2.05) is 50.2 Å². The Balaban J connectivity index is 1.80. The summed E-state index contributed by atoms with van der Waals surface area (Å²) in [5.74, 6) is 0.281. The van der Waals surface area contributed by atoms with Gasteiger partial charge in [-0.2, -0.15) is 0 Å². The van der Waals surface area contributed by atoms with Crippen LogP contribution in [-0.2, 0) is 13.0 Å². The summed E-state index contributed by atoms with van der Waals surface area (Å²) in [5.41, 5.74) is 4.63. The summed E-state index contributed by atoms with van der Waals surface area (Å²) in [5, 5.41) is 11.8. The number of rotatable bonds is 4. The van der Waals surface area contributed by atoms with E-state index in [-0.39, 0.29) is 11.4 Å². The Morgan fingerprint density at radius 2 is 1.75 bits per heavy atom. The van der Waals surface area contributed by atoms with Crippen LogP contribution in [0.5, 0.6) is 5.75 Å². The lowest BCUT2D eigenvalue weighted by atomic mass is 9.95. The summed E-state index contributed by atoms with van der Waals surface area (Å²) in [6.07, 6.45) is 4.31. The van der Waals surface area contributed by atoms with Crippen LogP contribution in [0.4, 0.5) is 0 Å². The number of aryl methyl sites for hydroxylation is 2. The molecule has 0 bridgehead atoms. The molecule has 0 atom stereocenters. The van der Waals surface area contributed by atoms with Crippen LogP contribution >= 0.6 is 0 Å². The van der Waals surface area contributed by atoms with E-state index in [0.717, 1.165) is 41.9 Å². The lowest BCUT2D eigenvalue weighted by molar-refractivity contribution is -0.918. The van der Waals surface area contributed by atoms with Crippen LogP contribution in [0.2, 0.25) is 0 Å². The van der Waals surface area contributed by atoms with Gasteiger partial charge >= 0.3 is 5.63 Å². The maximum Gasteiger partial charge on any atom is 0.340 e. The molecule has 4 nitrogen and oxygen atoms in total. The number of likely N-dealkylation sites (tertiary alicyclic amines) is 1. The predicted molar refractivity (Wildman–Crippen MR) is 111 cm³/mol. The molecule has 0 aliphatic carbocycles. The largest absolute Gasteiger partial charge is 0.507 e. The smallest absolute Gasteiger partial charge is 0.340 e. The highest BCUT2D eigenvalue weighted by Gasteiger charge is 2.22. The summed E-state index contributed by atoms with van der Waals surface area (Å²) in [6, 6.07) is 11.8. The van der Waals surface area contributed by atoms with Crippen molar-refractivity contribution in [3.05, 3.63) is 74.6 Å². The topological polar surface area (TPSA) is 54.9 Å².